The van der Waals surface area contributed by atoms with Crippen LogP contribution in [0.2, 0.25) is 0 Å². The highest BCUT2D eigenvalue weighted by Crippen LogP contribution is 2.25. The molecule has 0 radical (unpaired) electrons. The van der Waals surface area contributed by atoms with Crippen LogP contribution in [0.3, 0.4) is 0 Å². The van der Waals surface area contributed by atoms with E-state index in [0.717, 1.165) is 16.7 Å². The molecule has 1 amide bonds. The van der Waals surface area contributed by atoms with Crippen molar-refractivity contribution in [1.29, 1.82) is 0 Å². The first-order chi connectivity index (χ1) is 11.5. The van der Waals surface area contributed by atoms with E-state index < -0.39 is 0 Å². The van der Waals surface area contributed by atoms with Crippen LogP contribution in [0, 0.1) is 6.92 Å². The molecule has 0 aliphatic heterocycles. The fourth-order valence-corrected chi connectivity index (χ4v) is 2.50. The van der Waals surface area contributed by atoms with Gasteiger partial charge in [-0.25, -0.2) is 4.98 Å². The highest BCUT2D eigenvalue weighted by molar-refractivity contribution is 5.94. The van der Waals surface area contributed by atoms with Gasteiger partial charge in [0.2, 0.25) is 5.91 Å². The Morgan fingerprint density at radius 3 is 2.83 bits per heavy atom. The van der Waals surface area contributed by atoms with Gasteiger partial charge >= 0.3 is 0 Å². The fraction of sp³-hybridized carbons (Fsp3) is 0.263. The van der Waals surface area contributed by atoms with E-state index in [2.05, 4.69) is 10.3 Å². The zero-order chi connectivity index (χ0) is 17.1. The number of aromatic nitrogens is 1. The van der Waals surface area contributed by atoms with Crippen LogP contribution >= 0.6 is 0 Å². The molecule has 3 aromatic rings. The van der Waals surface area contributed by atoms with Crippen LogP contribution in [-0.2, 0) is 11.2 Å². The summed E-state index contributed by atoms with van der Waals surface area (Å²) in [5.41, 5.74) is 3.05. The summed E-state index contributed by atoms with van der Waals surface area (Å²) in [4.78, 5) is 16.6. The Kier molecular flexibility index (Phi) is 4.51. The number of nitrogens with zero attached hydrogens (tertiary/aromatic N) is 1. The van der Waals surface area contributed by atoms with Crippen molar-refractivity contribution < 1.29 is 13.9 Å². The second-order valence-electron chi connectivity index (χ2n) is 5.92. The van der Waals surface area contributed by atoms with Crippen molar-refractivity contribution in [3.63, 3.8) is 0 Å². The summed E-state index contributed by atoms with van der Waals surface area (Å²) >= 11 is 0. The number of carbonyl (C=O) groups excluding carboxylic acids is 1. The topological polar surface area (TPSA) is 64.4 Å². The molecule has 0 unspecified atom stereocenters. The summed E-state index contributed by atoms with van der Waals surface area (Å²) in [7, 11) is 0. The standard InChI is InChI=1S/C19H20N2O3/c1-12(2)23-17-7-5-4-6-15(17)21-19(22)11-14-8-9-18-16(10-14)20-13(3)24-18/h4-10,12H,11H2,1-3H3,(H,21,22). The molecule has 2 aromatic carbocycles. The van der Waals surface area contributed by atoms with Crippen molar-refractivity contribution in [2.45, 2.75) is 33.3 Å². The monoisotopic (exact) mass is 324 g/mol. The van der Waals surface area contributed by atoms with Crippen molar-refractivity contribution in [2.75, 3.05) is 5.32 Å². The van der Waals surface area contributed by atoms with Gasteiger partial charge < -0.3 is 14.5 Å². The number of oxazole rings is 1. The second kappa shape index (κ2) is 6.74. The number of fused-ring (bicyclic) bond motifs is 1. The molecule has 0 bridgehead atoms. The van der Waals surface area contributed by atoms with Crippen molar-refractivity contribution in [2.24, 2.45) is 0 Å². The van der Waals surface area contributed by atoms with Crippen LogP contribution in [0.15, 0.2) is 46.9 Å². The molecule has 0 aliphatic rings. The molecular formula is C19H20N2O3. The Morgan fingerprint density at radius 2 is 2.04 bits per heavy atom. The number of ether oxygens (including phenoxy) is 1. The minimum Gasteiger partial charge on any atom is -0.489 e. The molecule has 5 nitrogen and oxygen atoms in total. The Bertz CT molecular complexity index is 868. The minimum atomic E-state index is -0.102. The Labute approximate surface area is 140 Å². The van der Waals surface area contributed by atoms with Gasteiger partial charge in [0.1, 0.15) is 11.3 Å². The molecule has 0 aliphatic carbocycles. The third kappa shape index (κ3) is 3.74. The average Bonchev–Trinajstić information content (AvgIpc) is 2.88. The van der Waals surface area contributed by atoms with Gasteiger partial charge in [-0.3, -0.25) is 4.79 Å². The van der Waals surface area contributed by atoms with Gasteiger partial charge in [0.25, 0.3) is 0 Å². The van der Waals surface area contributed by atoms with Crippen LogP contribution in [0.1, 0.15) is 25.3 Å². The summed E-state index contributed by atoms with van der Waals surface area (Å²) in [6, 6.07) is 13.0. The smallest absolute Gasteiger partial charge is 0.228 e. The maximum absolute atomic E-state index is 12.4. The maximum Gasteiger partial charge on any atom is 0.228 e. The minimum absolute atomic E-state index is 0.0425. The predicted octanol–water partition coefficient (Wildman–Crippen LogP) is 4.10. The van der Waals surface area contributed by atoms with E-state index in [1.807, 2.05) is 56.3 Å². The number of carbonyl (C=O) groups is 1. The van der Waals surface area contributed by atoms with Crippen LogP contribution in [0.4, 0.5) is 5.69 Å². The van der Waals surface area contributed by atoms with Crippen molar-refractivity contribution in [3.05, 3.63) is 53.9 Å². The number of aryl methyl sites for hydroxylation is 1. The molecule has 0 fully saturated rings. The Balaban J connectivity index is 1.73. The van der Waals surface area contributed by atoms with Crippen LogP contribution < -0.4 is 10.1 Å². The van der Waals surface area contributed by atoms with E-state index in [4.69, 9.17) is 9.15 Å². The summed E-state index contributed by atoms with van der Waals surface area (Å²) in [5, 5.41) is 2.91. The first kappa shape index (κ1) is 16.1. The van der Waals surface area contributed by atoms with Crippen LogP contribution in [-0.4, -0.2) is 17.0 Å². The van der Waals surface area contributed by atoms with E-state index >= 15 is 0 Å². The molecule has 124 valence electrons. The molecule has 1 heterocycles. The number of amides is 1. The van der Waals surface area contributed by atoms with E-state index in [1.54, 1.807) is 6.92 Å². The van der Waals surface area contributed by atoms with E-state index in [-0.39, 0.29) is 18.4 Å². The highest BCUT2D eigenvalue weighted by Gasteiger charge is 2.11. The van der Waals surface area contributed by atoms with Crippen LogP contribution in [0.5, 0.6) is 5.75 Å². The Hall–Kier alpha value is -2.82. The third-order valence-electron chi connectivity index (χ3n) is 3.45. The maximum atomic E-state index is 12.4. The first-order valence-corrected chi connectivity index (χ1v) is 7.93. The lowest BCUT2D eigenvalue weighted by Gasteiger charge is -2.14. The molecule has 1 aromatic heterocycles. The molecule has 5 heteroatoms. The highest BCUT2D eigenvalue weighted by atomic mass is 16.5. The molecule has 0 saturated carbocycles. The molecule has 0 spiro atoms. The quantitative estimate of drug-likeness (QED) is 0.767. The summed E-state index contributed by atoms with van der Waals surface area (Å²) in [5.74, 6) is 1.18. The van der Waals surface area contributed by atoms with E-state index in [9.17, 15) is 4.79 Å². The lowest BCUT2D eigenvalue weighted by molar-refractivity contribution is -0.115. The number of hydrogen-bond acceptors (Lipinski definition) is 4. The van der Waals surface area contributed by atoms with E-state index in [1.165, 1.54) is 0 Å². The van der Waals surface area contributed by atoms with Gasteiger partial charge in [0.05, 0.1) is 18.2 Å². The fourth-order valence-electron chi connectivity index (χ4n) is 2.50. The second-order valence-corrected chi connectivity index (χ2v) is 5.92. The van der Waals surface area contributed by atoms with Crippen LogP contribution in [0.25, 0.3) is 11.1 Å². The molecule has 24 heavy (non-hydrogen) atoms. The largest absolute Gasteiger partial charge is 0.489 e. The lowest BCUT2D eigenvalue weighted by Crippen LogP contribution is -2.16. The molecular weight excluding hydrogens is 304 g/mol. The van der Waals surface area contributed by atoms with Crippen molar-refractivity contribution >= 4 is 22.7 Å². The van der Waals surface area contributed by atoms with E-state index in [0.29, 0.717) is 17.3 Å². The number of rotatable bonds is 5. The average molecular weight is 324 g/mol. The SMILES string of the molecule is Cc1nc2cc(CC(=O)Nc3ccccc3OC(C)C)ccc2o1. The molecule has 3 rings (SSSR count). The van der Waals surface area contributed by atoms with Crippen molar-refractivity contribution in [3.8, 4) is 5.75 Å². The summed E-state index contributed by atoms with van der Waals surface area (Å²) in [6.07, 6.45) is 0.304. The summed E-state index contributed by atoms with van der Waals surface area (Å²) < 4.78 is 11.2. The van der Waals surface area contributed by atoms with Gasteiger partial charge in [0, 0.05) is 6.92 Å². The first-order valence-electron chi connectivity index (χ1n) is 7.93. The molecule has 0 atom stereocenters. The van der Waals surface area contributed by atoms with Gasteiger partial charge in [-0.05, 0) is 43.7 Å². The molecule has 1 N–H and O–H groups in total. The van der Waals surface area contributed by atoms with Gasteiger partial charge in [0.15, 0.2) is 11.5 Å². The Morgan fingerprint density at radius 1 is 1.25 bits per heavy atom. The molecule has 0 saturated heterocycles. The third-order valence-corrected chi connectivity index (χ3v) is 3.45. The number of anilines is 1. The normalized spacial score (nSPS) is 11.0. The van der Waals surface area contributed by atoms with Gasteiger partial charge in [-0.2, -0.15) is 0 Å². The number of benzene rings is 2. The summed E-state index contributed by atoms with van der Waals surface area (Å²) in [6.45, 7) is 5.71. The lowest BCUT2D eigenvalue weighted by atomic mass is 10.1. The zero-order valence-electron chi connectivity index (χ0n) is 14.0. The van der Waals surface area contributed by atoms with Crippen molar-refractivity contribution in [1.82, 2.24) is 4.98 Å². The van der Waals surface area contributed by atoms with Gasteiger partial charge in [-0.15, -0.1) is 0 Å². The number of nitrogens with one attached hydrogen (secondary N) is 1. The predicted molar refractivity (Wildman–Crippen MR) is 93.3 cm³/mol. The number of para-hydroxylation sites is 2. The number of hydrogen-bond donors (Lipinski definition) is 1. The van der Waals surface area contributed by atoms with Gasteiger partial charge in [-0.1, -0.05) is 18.2 Å². The zero-order valence-corrected chi connectivity index (χ0v) is 14.0.